The normalized spacial score (nSPS) is 15.5. The van der Waals surface area contributed by atoms with Gasteiger partial charge in [0.25, 0.3) is 0 Å². The van der Waals surface area contributed by atoms with Crippen LogP contribution < -0.4 is 10.6 Å². The van der Waals surface area contributed by atoms with Crippen molar-refractivity contribution in [1.82, 2.24) is 5.32 Å². The van der Waals surface area contributed by atoms with E-state index < -0.39 is 11.8 Å². The van der Waals surface area contributed by atoms with E-state index in [4.69, 9.17) is 11.6 Å². The first kappa shape index (κ1) is 14.8. The van der Waals surface area contributed by atoms with Gasteiger partial charge in [0.05, 0.1) is 16.8 Å². The highest BCUT2D eigenvalue weighted by Gasteiger charge is 2.29. The number of para-hydroxylation sites is 1. The number of aliphatic hydroxyl groups is 1. The van der Waals surface area contributed by atoms with E-state index >= 15 is 0 Å². The van der Waals surface area contributed by atoms with Gasteiger partial charge in [-0.15, -0.1) is 0 Å². The maximum absolute atomic E-state index is 11.6. The lowest BCUT2D eigenvalue weighted by Gasteiger charge is -2.10. The SMILES string of the molecule is O=C(NCC[C@@H](O)C1CC1)C(=O)Nc1ccccc1Cl. The molecule has 1 aliphatic carbocycles. The third kappa shape index (κ3) is 4.21. The standard InChI is InChI=1S/C14H17ClN2O3/c15-10-3-1-2-4-11(10)17-14(20)13(19)16-8-7-12(18)9-5-6-9/h1-4,9,12,18H,5-8H2,(H,16,19)(H,17,20)/t12-/m1/s1. The van der Waals surface area contributed by atoms with Crippen molar-refractivity contribution in [2.24, 2.45) is 5.92 Å². The number of hydrogen-bond acceptors (Lipinski definition) is 3. The summed E-state index contributed by atoms with van der Waals surface area (Å²) in [6, 6.07) is 6.69. The Labute approximate surface area is 122 Å². The number of hydrogen-bond donors (Lipinski definition) is 3. The predicted octanol–water partition coefficient (Wildman–Crippen LogP) is 1.56. The van der Waals surface area contributed by atoms with Gasteiger partial charge in [0.15, 0.2) is 0 Å². The van der Waals surface area contributed by atoms with E-state index in [2.05, 4.69) is 10.6 Å². The quantitative estimate of drug-likeness (QED) is 0.722. The second-order valence-corrected chi connectivity index (χ2v) is 5.29. The van der Waals surface area contributed by atoms with Gasteiger partial charge < -0.3 is 15.7 Å². The number of rotatable bonds is 5. The molecular weight excluding hydrogens is 280 g/mol. The molecule has 1 aliphatic rings. The molecule has 2 amide bonds. The van der Waals surface area contributed by atoms with Crippen LogP contribution in [0.1, 0.15) is 19.3 Å². The third-order valence-electron chi connectivity index (χ3n) is 3.22. The van der Waals surface area contributed by atoms with Crippen molar-refractivity contribution >= 4 is 29.1 Å². The van der Waals surface area contributed by atoms with Crippen LogP contribution in [0, 0.1) is 5.92 Å². The summed E-state index contributed by atoms with van der Waals surface area (Å²) < 4.78 is 0. The lowest BCUT2D eigenvalue weighted by atomic mass is 10.2. The Bertz CT molecular complexity index is 503. The van der Waals surface area contributed by atoms with Gasteiger partial charge in [-0.1, -0.05) is 23.7 Å². The fourth-order valence-electron chi connectivity index (χ4n) is 1.87. The maximum Gasteiger partial charge on any atom is 0.313 e. The second-order valence-electron chi connectivity index (χ2n) is 4.88. The summed E-state index contributed by atoms with van der Waals surface area (Å²) in [7, 11) is 0. The number of aliphatic hydroxyl groups excluding tert-OH is 1. The minimum atomic E-state index is -0.765. The van der Waals surface area contributed by atoms with Crippen LogP contribution in [-0.4, -0.2) is 29.6 Å². The summed E-state index contributed by atoms with van der Waals surface area (Å²) >= 11 is 5.88. The van der Waals surface area contributed by atoms with Gasteiger partial charge in [0.1, 0.15) is 0 Å². The molecule has 0 unspecified atom stereocenters. The van der Waals surface area contributed by atoms with Crippen LogP contribution in [0.2, 0.25) is 5.02 Å². The van der Waals surface area contributed by atoms with E-state index in [0.717, 1.165) is 12.8 Å². The number of nitrogens with one attached hydrogen (secondary N) is 2. The molecule has 1 atom stereocenters. The highest BCUT2D eigenvalue weighted by molar-refractivity contribution is 6.41. The molecule has 1 aromatic rings. The lowest BCUT2D eigenvalue weighted by Crippen LogP contribution is -2.37. The molecule has 5 nitrogen and oxygen atoms in total. The molecule has 0 aromatic heterocycles. The highest BCUT2D eigenvalue weighted by atomic mass is 35.5. The zero-order valence-electron chi connectivity index (χ0n) is 10.9. The lowest BCUT2D eigenvalue weighted by molar-refractivity contribution is -0.136. The summed E-state index contributed by atoms with van der Waals surface area (Å²) in [5.41, 5.74) is 0.396. The molecule has 0 bridgehead atoms. The Balaban J connectivity index is 1.74. The van der Waals surface area contributed by atoms with Crippen molar-refractivity contribution in [2.45, 2.75) is 25.4 Å². The molecule has 3 N–H and O–H groups in total. The summed E-state index contributed by atoms with van der Waals surface area (Å²) in [4.78, 5) is 23.2. The second kappa shape index (κ2) is 6.72. The Morgan fingerprint density at radius 3 is 2.65 bits per heavy atom. The Kier molecular flexibility index (Phi) is 4.98. The van der Waals surface area contributed by atoms with Crippen LogP contribution in [0.4, 0.5) is 5.69 Å². The van der Waals surface area contributed by atoms with Gasteiger partial charge in [-0.05, 0) is 37.3 Å². The smallest absolute Gasteiger partial charge is 0.313 e. The van der Waals surface area contributed by atoms with Crippen molar-refractivity contribution in [3.63, 3.8) is 0 Å². The van der Waals surface area contributed by atoms with Crippen molar-refractivity contribution < 1.29 is 14.7 Å². The molecule has 1 fully saturated rings. The van der Waals surface area contributed by atoms with E-state index in [1.165, 1.54) is 0 Å². The summed E-state index contributed by atoms with van der Waals surface area (Å²) in [6.45, 7) is 0.284. The molecular formula is C14H17ClN2O3. The monoisotopic (exact) mass is 296 g/mol. The Hall–Kier alpha value is -1.59. The average Bonchev–Trinajstić information content (AvgIpc) is 3.25. The molecule has 2 rings (SSSR count). The number of anilines is 1. The molecule has 20 heavy (non-hydrogen) atoms. The van der Waals surface area contributed by atoms with E-state index in [0.29, 0.717) is 23.0 Å². The fourth-order valence-corrected chi connectivity index (χ4v) is 2.06. The first-order valence-corrected chi connectivity index (χ1v) is 6.97. The summed E-state index contributed by atoms with van der Waals surface area (Å²) in [5, 5.41) is 14.9. The van der Waals surface area contributed by atoms with Crippen molar-refractivity contribution in [3.05, 3.63) is 29.3 Å². The molecule has 0 saturated heterocycles. The highest BCUT2D eigenvalue weighted by Crippen LogP contribution is 2.33. The number of halogens is 1. The van der Waals surface area contributed by atoms with Crippen LogP contribution >= 0.6 is 11.6 Å². The molecule has 108 valence electrons. The Morgan fingerprint density at radius 2 is 2.00 bits per heavy atom. The van der Waals surface area contributed by atoms with Crippen LogP contribution in [-0.2, 0) is 9.59 Å². The Morgan fingerprint density at radius 1 is 1.30 bits per heavy atom. The van der Waals surface area contributed by atoms with Crippen LogP contribution in [0.3, 0.4) is 0 Å². The third-order valence-corrected chi connectivity index (χ3v) is 3.55. The molecule has 1 aromatic carbocycles. The van der Waals surface area contributed by atoms with E-state index in [1.54, 1.807) is 24.3 Å². The van der Waals surface area contributed by atoms with E-state index in [9.17, 15) is 14.7 Å². The predicted molar refractivity (Wildman–Crippen MR) is 76.4 cm³/mol. The zero-order chi connectivity index (χ0) is 14.5. The number of carbonyl (C=O) groups is 2. The van der Waals surface area contributed by atoms with Gasteiger partial charge in [-0.2, -0.15) is 0 Å². The molecule has 0 heterocycles. The minimum Gasteiger partial charge on any atom is -0.393 e. The molecule has 0 spiro atoms. The topological polar surface area (TPSA) is 78.4 Å². The first-order valence-electron chi connectivity index (χ1n) is 6.59. The van der Waals surface area contributed by atoms with Gasteiger partial charge in [-0.3, -0.25) is 9.59 Å². The van der Waals surface area contributed by atoms with Gasteiger partial charge in [0.2, 0.25) is 0 Å². The zero-order valence-corrected chi connectivity index (χ0v) is 11.7. The van der Waals surface area contributed by atoms with Crippen LogP contribution in [0.5, 0.6) is 0 Å². The molecule has 6 heteroatoms. The maximum atomic E-state index is 11.6. The van der Waals surface area contributed by atoms with Crippen molar-refractivity contribution in [2.75, 3.05) is 11.9 Å². The molecule has 0 radical (unpaired) electrons. The summed E-state index contributed by atoms with van der Waals surface area (Å²) in [5.74, 6) is -1.13. The van der Waals surface area contributed by atoms with Gasteiger partial charge in [0, 0.05) is 6.54 Å². The number of benzene rings is 1. The largest absolute Gasteiger partial charge is 0.393 e. The first-order chi connectivity index (χ1) is 9.58. The van der Waals surface area contributed by atoms with Gasteiger partial charge in [-0.25, -0.2) is 0 Å². The number of carbonyl (C=O) groups excluding carboxylic acids is 2. The molecule has 1 saturated carbocycles. The van der Waals surface area contributed by atoms with E-state index in [-0.39, 0.29) is 12.6 Å². The van der Waals surface area contributed by atoms with E-state index in [1.807, 2.05) is 0 Å². The minimum absolute atomic E-state index is 0.284. The molecule has 0 aliphatic heterocycles. The average molecular weight is 297 g/mol. The number of amides is 2. The van der Waals surface area contributed by atoms with Crippen molar-refractivity contribution in [3.8, 4) is 0 Å². The van der Waals surface area contributed by atoms with Crippen LogP contribution in [0.25, 0.3) is 0 Å². The van der Waals surface area contributed by atoms with Gasteiger partial charge >= 0.3 is 11.8 Å². The fraction of sp³-hybridized carbons (Fsp3) is 0.429. The summed E-state index contributed by atoms with van der Waals surface area (Å²) in [6.07, 6.45) is 2.17. The van der Waals surface area contributed by atoms with Crippen LogP contribution in [0.15, 0.2) is 24.3 Å². The van der Waals surface area contributed by atoms with Crippen molar-refractivity contribution in [1.29, 1.82) is 0 Å².